The highest BCUT2D eigenvalue weighted by Gasteiger charge is 2.36. The predicted octanol–water partition coefficient (Wildman–Crippen LogP) is 19.0. The Balaban J connectivity index is 0.870. The first-order chi connectivity index (χ1) is 36.0. The maximum atomic E-state index is 6.73. The minimum Gasteiger partial charge on any atom is -0.456 e. The third-order valence-corrected chi connectivity index (χ3v) is 16.2. The van der Waals surface area contributed by atoms with E-state index in [0.29, 0.717) is 0 Å². The van der Waals surface area contributed by atoms with Crippen LogP contribution < -0.4 is 4.90 Å². The number of hydrogen-bond acceptors (Lipinski definition) is 2. The monoisotopic (exact) mass is 931 g/mol. The molecule has 12 aromatic carbocycles. The summed E-state index contributed by atoms with van der Waals surface area (Å²) in [6.45, 7) is 4.73. The molecule has 0 N–H and O–H groups in total. The molecule has 0 atom stereocenters. The zero-order chi connectivity index (χ0) is 48.1. The van der Waals surface area contributed by atoms with Gasteiger partial charge in [-0.25, -0.2) is 0 Å². The highest BCUT2D eigenvalue weighted by Crippen LogP contribution is 2.52. The number of benzene rings is 12. The van der Waals surface area contributed by atoms with Gasteiger partial charge in [-0.3, -0.25) is 0 Å². The lowest BCUT2D eigenvalue weighted by atomic mass is 9.82. The van der Waals surface area contributed by atoms with Gasteiger partial charge in [0.15, 0.2) is 0 Å². The second-order valence-electron chi connectivity index (χ2n) is 20.4. The van der Waals surface area contributed by atoms with E-state index in [-0.39, 0.29) is 5.41 Å². The number of rotatable bonds is 6. The SMILES string of the molecule is CC1(C)c2ccccc2-c2ccc(N(c3ccc(-c4ccc5c(c4)c4ccccc4n5-c4ccccc4)cc3)c3ccc4c(c3)c3ccccc3n4-c3cc4oc5cccc6c7ccccc7c(c3)c4c56)cc21. The van der Waals surface area contributed by atoms with Gasteiger partial charge in [0.2, 0.25) is 0 Å². The molecule has 3 heterocycles. The van der Waals surface area contributed by atoms with Gasteiger partial charge in [-0.2, -0.15) is 0 Å². The van der Waals surface area contributed by atoms with Crippen LogP contribution in [0.15, 0.2) is 241 Å². The van der Waals surface area contributed by atoms with Gasteiger partial charge in [0.25, 0.3) is 0 Å². The van der Waals surface area contributed by atoms with E-state index in [2.05, 4.69) is 264 Å². The third kappa shape index (κ3) is 5.66. The fourth-order valence-electron chi connectivity index (χ4n) is 12.9. The summed E-state index contributed by atoms with van der Waals surface area (Å²) in [5, 5.41) is 12.2. The summed E-state index contributed by atoms with van der Waals surface area (Å²) in [5.74, 6) is 0. The van der Waals surface area contributed by atoms with Crippen LogP contribution in [0, 0.1) is 0 Å². The fraction of sp³-hybridized carbons (Fsp3) is 0.0435. The maximum Gasteiger partial charge on any atom is 0.138 e. The Morgan fingerprint density at radius 1 is 0.329 bits per heavy atom. The second-order valence-corrected chi connectivity index (χ2v) is 20.4. The van der Waals surface area contributed by atoms with Crippen LogP contribution in [0.2, 0.25) is 0 Å². The Morgan fingerprint density at radius 3 is 1.66 bits per heavy atom. The van der Waals surface area contributed by atoms with Crippen molar-refractivity contribution in [2.75, 3.05) is 4.90 Å². The first-order valence-corrected chi connectivity index (χ1v) is 25.3. The molecule has 0 amide bonds. The van der Waals surface area contributed by atoms with Crippen molar-refractivity contribution in [2.45, 2.75) is 19.3 Å². The van der Waals surface area contributed by atoms with E-state index in [0.717, 1.165) is 50.6 Å². The molecular weight excluding hydrogens is 887 g/mol. The number of hydrogen-bond donors (Lipinski definition) is 0. The number of fused-ring (bicyclic) bond motifs is 12. The van der Waals surface area contributed by atoms with Crippen molar-refractivity contribution in [3.63, 3.8) is 0 Å². The van der Waals surface area contributed by atoms with Crippen LogP contribution in [0.25, 0.3) is 121 Å². The quantitative estimate of drug-likeness (QED) is 0.155. The molecule has 0 unspecified atom stereocenters. The van der Waals surface area contributed by atoms with Gasteiger partial charge in [-0.05, 0) is 146 Å². The summed E-state index contributed by atoms with van der Waals surface area (Å²) in [7, 11) is 0. The van der Waals surface area contributed by atoms with E-state index in [1.165, 1.54) is 98.3 Å². The summed E-state index contributed by atoms with van der Waals surface area (Å²) in [5.41, 5.74) is 19.6. The lowest BCUT2D eigenvalue weighted by Gasteiger charge is -2.28. The van der Waals surface area contributed by atoms with Crippen molar-refractivity contribution < 1.29 is 4.42 Å². The molecule has 0 spiro atoms. The first kappa shape index (κ1) is 40.4. The van der Waals surface area contributed by atoms with E-state index in [1.54, 1.807) is 0 Å². The topological polar surface area (TPSA) is 26.2 Å². The molecule has 4 nitrogen and oxygen atoms in total. The van der Waals surface area contributed by atoms with Gasteiger partial charge >= 0.3 is 0 Å². The van der Waals surface area contributed by atoms with Crippen molar-refractivity contribution in [1.29, 1.82) is 0 Å². The van der Waals surface area contributed by atoms with Gasteiger partial charge < -0.3 is 18.5 Å². The molecule has 0 aliphatic heterocycles. The number of furan rings is 1. The van der Waals surface area contributed by atoms with Gasteiger partial charge in [0.05, 0.1) is 27.8 Å². The van der Waals surface area contributed by atoms with Crippen molar-refractivity contribution in [3.8, 4) is 33.6 Å². The normalized spacial score (nSPS) is 13.2. The number of nitrogens with zero attached hydrogens (tertiary/aromatic N) is 3. The highest BCUT2D eigenvalue weighted by molar-refractivity contribution is 6.33. The fourth-order valence-corrected chi connectivity index (χ4v) is 12.9. The lowest BCUT2D eigenvalue weighted by Crippen LogP contribution is -2.16. The summed E-state index contributed by atoms with van der Waals surface area (Å²) >= 11 is 0. The number of anilines is 3. The molecule has 73 heavy (non-hydrogen) atoms. The predicted molar refractivity (Wildman–Crippen MR) is 306 cm³/mol. The standard InChI is InChI=1S/C69H45N3O/c1-69(2)59-23-11-8-19-51(59)52-34-32-47(40-60(52)69)70(45-30-27-42(28-31-45)43-29-35-63-56(37-43)53-20-9-12-24-61(53)71(63)44-15-4-3-5-16-44)46-33-36-64-57(38-46)54-21-10-13-25-62(54)72(64)48-39-58-50-18-7-6-17-49(50)55-22-14-26-65-67(55)68(58)66(41-48)73-65/h3-41H,1-2H3. The van der Waals surface area contributed by atoms with Crippen LogP contribution in [0.3, 0.4) is 0 Å². The van der Waals surface area contributed by atoms with Crippen molar-refractivity contribution >= 4 is 104 Å². The second kappa shape index (κ2) is 14.8. The van der Waals surface area contributed by atoms with Crippen LogP contribution in [0.4, 0.5) is 17.1 Å². The van der Waals surface area contributed by atoms with E-state index >= 15 is 0 Å². The number of para-hydroxylation sites is 3. The Morgan fingerprint density at radius 2 is 0.877 bits per heavy atom. The molecule has 1 aliphatic rings. The van der Waals surface area contributed by atoms with E-state index in [9.17, 15) is 0 Å². The van der Waals surface area contributed by atoms with Crippen LogP contribution >= 0.6 is 0 Å². The molecule has 3 aromatic heterocycles. The molecule has 0 fully saturated rings. The van der Waals surface area contributed by atoms with Crippen LogP contribution in [0.5, 0.6) is 0 Å². The summed E-state index contributed by atoms with van der Waals surface area (Å²) < 4.78 is 11.5. The van der Waals surface area contributed by atoms with Crippen LogP contribution in [-0.4, -0.2) is 9.13 Å². The van der Waals surface area contributed by atoms with Gasteiger partial charge in [-0.15, -0.1) is 0 Å². The Labute approximate surface area is 421 Å². The van der Waals surface area contributed by atoms with E-state index in [1.807, 2.05) is 0 Å². The molecule has 342 valence electrons. The zero-order valence-electron chi connectivity index (χ0n) is 40.3. The minimum absolute atomic E-state index is 0.153. The molecule has 0 saturated carbocycles. The van der Waals surface area contributed by atoms with E-state index in [4.69, 9.17) is 4.42 Å². The van der Waals surface area contributed by atoms with Gasteiger partial charge in [-0.1, -0.05) is 153 Å². The molecule has 4 heteroatoms. The Kier molecular flexibility index (Phi) is 8.20. The molecule has 15 aromatic rings. The van der Waals surface area contributed by atoms with Crippen molar-refractivity contribution in [2.24, 2.45) is 0 Å². The molecular formula is C69H45N3O. The highest BCUT2D eigenvalue weighted by atomic mass is 16.3. The molecule has 0 bridgehead atoms. The average molecular weight is 932 g/mol. The van der Waals surface area contributed by atoms with Crippen LogP contribution in [0.1, 0.15) is 25.0 Å². The summed E-state index contributed by atoms with van der Waals surface area (Å²) in [4.78, 5) is 2.45. The van der Waals surface area contributed by atoms with Crippen molar-refractivity contribution in [1.82, 2.24) is 9.13 Å². The Bertz CT molecular complexity index is 4760. The first-order valence-electron chi connectivity index (χ1n) is 25.3. The van der Waals surface area contributed by atoms with Gasteiger partial charge in [0.1, 0.15) is 11.2 Å². The smallest absolute Gasteiger partial charge is 0.138 e. The van der Waals surface area contributed by atoms with Crippen LogP contribution in [-0.2, 0) is 5.41 Å². The summed E-state index contributed by atoms with van der Waals surface area (Å²) in [6, 6.07) is 87.2. The molecule has 0 radical (unpaired) electrons. The van der Waals surface area contributed by atoms with E-state index < -0.39 is 0 Å². The lowest BCUT2D eigenvalue weighted by molar-refractivity contribution is 0.660. The molecule has 0 saturated heterocycles. The van der Waals surface area contributed by atoms with Gasteiger partial charge in [0, 0.05) is 66.5 Å². The maximum absolute atomic E-state index is 6.73. The Hall–Kier alpha value is -9.38. The largest absolute Gasteiger partial charge is 0.456 e. The zero-order valence-corrected chi connectivity index (χ0v) is 40.3. The molecule has 16 rings (SSSR count). The minimum atomic E-state index is -0.153. The average Bonchev–Trinajstić information content (AvgIpc) is 4.17. The molecule has 1 aliphatic carbocycles. The third-order valence-electron chi connectivity index (χ3n) is 16.2. The number of aromatic nitrogens is 2. The summed E-state index contributed by atoms with van der Waals surface area (Å²) in [6.07, 6.45) is 0. The van der Waals surface area contributed by atoms with Crippen molar-refractivity contribution in [3.05, 3.63) is 248 Å².